The van der Waals surface area contributed by atoms with Crippen molar-refractivity contribution in [1.82, 2.24) is 4.90 Å². The fourth-order valence-electron chi connectivity index (χ4n) is 2.67. The number of likely N-dealkylation sites (tertiary alicyclic amines) is 1. The highest BCUT2D eigenvalue weighted by atomic mass is 16.5. The van der Waals surface area contributed by atoms with E-state index in [-0.39, 0.29) is 18.3 Å². The lowest BCUT2D eigenvalue weighted by Gasteiger charge is -2.24. The lowest BCUT2D eigenvalue weighted by atomic mass is 10.1. The smallest absolute Gasteiger partial charge is 0.260 e. The van der Waals surface area contributed by atoms with Gasteiger partial charge in [-0.15, -0.1) is 0 Å². The van der Waals surface area contributed by atoms with Crippen LogP contribution in [0.25, 0.3) is 0 Å². The van der Waals surface area contributed by atoms with Gasteiger partial charge in [-0.25, -0.2) is 0 Å². The molecule has 0 unspecified atom stereocenters. The second-order valence-electron chi connectivity index (χ2n) is 5.74. The molecule has 1 aromatic rings. The van der Waals surface area contributed by atoms with Gasteiger partial charge < -0.3 is 9.64 Å². The molecule has 0 aliphatic carbocycles. The Hall–Kier alpha value is -1.84. The molecule has 1 aromatic carbocycles. The molecular weight excluding hydrogens is 278 g/mol. The van der Waals surface area contributed by atoms with E-state index < -0.39 is 0 Å². The van der Waals surface area contributed by atoms with Crippen LogP contribution in [0.5, 0.6) is 5.75 Å². The van der Waals surface area contributed by atoms with Crippen LogP contribution in [0.4, 0.5) is 0 Å². The number of nitrogens with zero attached hydrogens (tertiary/aromatic N) is 1. The van der Waals surface area contributed by atoms with Gasteiger partial charge in [0.15, 0.2) is 12.4 Å². The number of amides is 1. The molecule has 0 atom stereocenters. The maximum atomic E-state index is 12.2. The fourth-order valence-corrected chi connectivity index (χ4v) is 2.67. The molecule has 0 bridgehead atoms. The molecule has 0 aromatic heterocycles. The van der Waals surface area contributed by atoms with E-state index in [1.54, 1.807) is 24.3 Å². The lowest BCUT2D eigenvalue weighted by Crippen LogP contribution is -2.37. The average molecular weight is 303 g/mol. The first-order valence-electron chi connectivity index (χ1n) is 8.24. The Morgan fingerprint density at radius 1 is 1.00 bits per heavy atom. The normalized spacial score (nSPS) is 15.8. The second kappa shape index (κ2) is 8.57. The number of hydrogen-bond donors (Lipinski definition) is 0. The van der Waals surface area contributed by atoms with E-state index in [4.69, 9.17) is 4.74 Å². The zero-order valence-electron chi connectivity index (χ0n) is 13.3. The molecule has 2 rings (SSSR count). The monoisotopic (exact) mass is 303 g/mol. The molecule has 4 nitrogen and oxygen atoms in total. The molecule has 0 N–H and O–H groups in total. The molecule has 0 spiro atoms. The molecule has 1 saturated heterocycles. The van der Waals surface area contributed by atoms with Crippen LogP contribution in [0.1, 0.15) is 55.8 Å². The zero-order valence-corrected chi connectivity index (χ0v) is 13.3. The van der Waals surface area contributed by atoms with Crippen LogP contribution in [-0.2, 0) is 4.79 Å². The van der Waals surface area contributed by atoms with E-state index >= 15 is 0 Å². The minimum absolute atomic E-state index is 0.0515. The number of ether oxygens (including phenoxy) is 1. The Bertz CT molecular complexity index is 488. The summed E-state index contributed by atoms with van der Waals surface area (Å²) in [5, 5.41) is 0. The number of Topliss-reactive ketones (excluding diaryl/α,β-unsaturated/α-hetero) is 1. The zero-order chi connectivity index (χ0) is 15.8. The molecule has 1 aliphatic heterocycles. The molecule has 120 valence electrons. The molecule has 4 heteroatoms. The van der Waals surface area contributed by atoms with Crippen LogP contribution in [-0.4, -0.2) is 36.3 Å². The molecular formula is C18H25NO3. The lowest BCUT2D eigenvalue weighted by molar-refractivity contribution is -0.133. The summed E-state index contributed by atoms with van der Waals surface area (Å²) in [5.74, 6) is 0.798. The summed E-state index contributed by atoms with van der Waals surface area (Å²) in [6.07, 6.45) is 6.35. The van der Waals surface area contributed by atoms with Gasteiger partial charge in [0, 0.05) is 25.1 Å². The van der Waals surface area contributed by atoms with E-state index in [0.717, 1.165) is 25.9 Å². The number of carbonyl (C=O) groups excluding carboxylic acids is 2. The average Bonchev–Trinajstić information content (AvgIpc) is 2.52. The van der Waals surface area contributed by atoms with Crippen LogP contribution in [0.2, 0.25) is 0 Å². The van der Waals surface area contributed by atoms with E-state index in [0.29, 0.717) is 17.7 Å². The molecule has 0 saturated carbocycles. The van der Waals surface area contributed by atoms with Crippen molar-refractivity contribution in [3.05, 3.63) is 29.8 Å². The van der Waals surface area contributed by atoms with Gasteiger partial charge in [-0.2, -0.15) is 0 Å². The summed E-state index contributed by atoms with van der Waals surface area (Å²) in [7, 11) is 0. The van der Waals surface area contributed by atoms with Gasteiger partial charge in [0.25, 0.3) is 5.91 Å². The van der Waals surface area contributed by atoms with Gasteiger partial charge in [-0.3, -0.25) is 9.59 Å². The first-order valence-corrected chi connectivity index (χ1v) is 8.24. The molecule has 0 radical (unpaired) electrons. The maximum Gasteiger partial charge on any atom is 0.260 e. The topological polar surface area (TPSA) is 46.6 Å². The van der Waals surface area contributed by atoms with Gasteiger partial charge in [-0.05, 0) is 37.1 Å². The van der Waals surface area contributed by atoms with E-state index in [9.17, 15) is 9.59 Å². The van der Waals surface area contributed by atoms with Gasteiger partial charge in [-0.1, -0.05) is 26.2 Å². The van der Waals surface area contributed by atoms with Crippen molar-refractivity contribution in [3.8, 4) is 5.75 Å². The Balaban J connectivity index is 1.83. The minimum atomic E-state index is 0.0515. The van der Waals surface area contributed by atoms with Gasteiger partial charge in [0.2, 0.25) is 0 Å². The molecule has 22 heavy (non-hydrogen) atoms. The van der Waals surface area contributed by atoms with Crippen molar-refractivity contribution in [3.63, 3.8) is 0 Å². The van der Waals surface area contributed by atoms with Crippen molar-refractivity contribution in [2.24, 2.45) is 0 Å². The van der Waals surface area contributed by atoms with Crippen LogP contribution in [0, 0.1) is 0 Å². The van der Waals surface area contributed by atoms with E-state index in [1.807, 2.05) is 11.8 Å². The maximum absolute atomic E-state index is 12.2. The molecule has 1 fully saturated rings. The largest absolute Gasteiger partial charge is 0.484 e. The van der Waals surface area contributed by atoms with Gasteiger partial charge in [0.05, 0.1) is 0 Å². The molecule has 1 aliphatic rings. The summed E-state index contributed by atoms with van der Waals surface area (Å²) in [4.78, 5) is 25.7. The van der Waals surface area contributed by atoms with Crippen LogP contribution < -0.4 is 4.74 Å². The van der Waals surface area contributed by atoms with Crippen molar-refractivity contribution in [2.75, 3.05) is 19.7 Å². The first-order chi connectivity index (χ1) is 10.7. The Morgan fingerprint density at radius 2 is 1.59 bits per heavy atom. The third-order valence-corrected chi connectivity index (χ3v) is 4.07. The van der Waals surface area contributed by atoms with Gasteiger partial charge in [0.1, 0.15) is 5.75 Å². The number of ketones is 1. The van der Waals surface area contributed by atoms with E-state index in [2.05, 4.69) is 0 Å². The van der Waals surface area contributed by atoms with Crippen LogP contribution >= 0.6 is 0 Å². The fraction of sp³-hybridized carbons (Fsp3) is 0.556. The number of benzene rings is 1. The summed E-state index contributed by atoms with van der Waals surface area (Å²) < 4.78 is 5.56. The van der Waals surface area contributed by atoms with Gasteiger partial charge >= 0.3 is 0 Å². The van der Waals surface area contributed by atoms with Crippen molar-refractivity contribution in [2.45, 2.75) is 45.4 Å². The summed E-state index contributed by atoms with van der Waals surface area (Å²) in [6.45, 7) is 3.59. The third kappa shape index (κ3) is 4.86. The summed E-state index contributed by atoms with van der Waals surface area (Å²) >= 11 is 0. The predicted molar refractivity (Wildman–Crippen MR) is 86.2 cm³/mol. The van der Waals surface area contributed by atoms with Crippen molar-refractivity contribution >= 4 is 11.7 Å². The van der Waals surface area contributed by atoms with Crippen LogP contribution in [0.15, 0.2) is 24.3 Å². The second-order valence-corrected chi connectivity index (χ2v) is 5.74. The predicted octanol–water partition coefficient (Wildman–Crippen LogP) is 3.45. The Kier molecular flexibility index (Phi) is 6.44. The van der Waals surface area contributed by atoms with Crippen molar-refractivity contribution in [1.29, 1.82) is 0 Å². The molecule has 1 amide bonds. The number of hydrogen-bond acceptors (Lipinski definition) is 3. The first kappa shape index (κ1) is 16.5. The number of rotatable bonds is 5. The highest BCUT2D eigenvalue weighted by Crippen LogP contribution is 2.14. The SMILES string of the molecule is CCC(=O)c1ccc(OCC(=O)N2CCCCCCC2)cc1. The quantitative estimate of drug-likeness (QED) is 0.783. The van der Waals surface area contributed by atoms with Crippen LogP contribution in [0.3, 0.4) is 0 Å². The third-order valence-electron chi connectivity index (χ3n) is 4.07. The summed E-state index contributed by atoms with van der Waals surface area (Å²) in [6, 6.07) is 7.01. The molecule has 1 heterocycles. The highest BCUT2D eigenvalue weighted by Gasteiger charge is 2.15. The highest BCUT2D eigenvalue weighted by molar-refractivity contribution is 5.95. The Morgan fingerprint density at radius 3 is 2.18 bits per heavy atom. The number of carbonyl (C=O) groups is 2. The minimum Gasteiger partial charge on any atom is -0.484 e. The standard InChI is InChI=1S/C18H25NO3/c1-2-17(20)15-8-10-16(11-9-15)22-14-18(21)19-12-6-4-3-5-7-13-19/h8-11H,2-7,12-14H2,1H3. The Labute approximate surface area is 132 Å². The summed E-state index contributed by atoms with van der Waals surface area (Å²) in [5.41, 5.74) is 0.685. The van der Waals surface area contributed by atoms with E-state index in [1.165, 1.54) is 19.3 Å². The van der Waals surface area contributed by atoms with Crippen molar-refractivity contribution < 1.29 is 14.3 Å².